The van der Waals surface area contributed by atoms with E-state index in [-0.39, 0.29) is 11.7 Å². The second-order valence-electron chi connectivity index (χ2n) is 5.24. The van der Waals surface area contributed by atoms with Gasteiger partial charge in [-0.25, -0.2) is 0 Å². The molecule has 0 amide bonds. The molecule has 1 aromatic rings. The van der Waals surface area contributed by atoms with Crippen molar-refractivity contribution in [2.24, 2.45) is 0 Å². The molecule has 1 unspecified atom stereocenters. The fraction of sp³-hybridized carbons (Fsp3) is 0.750. The van der Waals surface area contributed by atoms with Gasteiger partial charge in [-0.05, 0) is 25.7 Å². The first kappa shape index (κ1) is 12.0. The van der Waals surface area contributed by atoms with E-state index in [9.17, 15) is 4.79 Å². The number of carboxylic acid groups (broad SMARTS) is 1. The van der Waals surface area contributed by atoms with E-state index in [4.69, 9.17) is 5.11 Å². The molecule has 0 bridgehead atoms. The van der Waals surface area contributed by atoms with Gasteiger partial charge in [-0.15, -0.1) is 10.2 Å². The van der Waals surface area contributed by atoms with E-state index in [1.165, 1.54) is 25.7 Å². The van der Waals surface area contributed by atoms with Crippen molar-refractivity contribution >= 4 is 17.7 Å². The molecule has 3 rings (SSSR count). The zero-order chi connectivity index (χ0) is 12.7. The quantitative estimate of drug-likeness (QED) is 0.802. The summed E-state index contributed by atoms with van der Waals surface area (Å²) in [4.78, 5) is 10.7. The Kier molecular flexibility index (Phi) is 3.05. The fourth-order valence-corrected chi connectivity index (χ4v) is 3.16. The van der Waals surface area contributed by atoms with Crippen LogP contribution >= 0.6 is 11.8 Å². The van der Waals surface area contributed by atoms with E-state index in [2.05, 4.69) is 14.8 Å². The molecule has 1 atom stereocenters. The van der Waals surface area contributed by atoms with Crippen molar-refractivity contribution < 1.29 is 9.90 Å². The molecule has 18 heavy (non-hydrogen) atoms. The molecule has 6 heteroatoms. The van der Waals surface area contributed by atoms with Gasteiger partial charge in [-0.1, -0.05) is 18.7 Å². The highest BCUT2D eigenvalue weighted by Gasteiger charge is 2.36. The maximum Gasteiger partial charge on any atom is 0.304 e. The lowest BCUT2D eigenvalue weighted by molar-refractivity contribution is -0.136. The number of thioether (sulfide) groups is 1. The Labute approximate surface area is 110 Å². The van der Waals surface area contributed by atoms with Gasteiger partial charge in [0.25, 0.3) is 0 Å². The van der Waals surface area contributed by atoms with Crippen LogP contribution in [0.4, 0.5) is 0 Å². The molecule has 1 aromatic heterocycles. The molecular formula is C12H17N3O2S. The predicted molar refractivity (Wildman–Crippen MR) is 67.8 cm³/mol. The van der Waals surface area contributed by atoms with Crippen molar-refractivity contribution in [2.75, 3.05) is 0 Å². The molecule has 2 aliphatic rings. The molecule has 0 spiro atoms. The molecule has 5 nitrogen and oxygen atoms in total. The first-order valence-corrected chi connectivity index (χ1v) is 7.36. The monoisotopic (exact) mass is 267 g/mol. The lowest BCUT2D eigenvalue weighted by Gasteiger charge is -2.11. The summed E-state index contributed by atoms with van der Waals surface area (Å²) < 4.78 is 2.26. The molecule has 0 radical (unpaired) electrons. The number of nitrogens with zero attached hydrogens (tertiary/aromatic N) is 3. The number of aliphatic carboxylic acids is 1. The average molecular weight is 267 g/mol. The molecule has 1 heterocycles. The van der Waals surface area contributed by atoms with Crippen LogP contribution in [0.15, 0.2) is 5.16 Å². The minimum atomic E-state index is -0.755. The smallest absolute Gasteiger partial charge is 0.304 e. The van der Waals surface area contributed by atoms with Crippen molar-refractivity contribution in [1.29, 1.82) is 0 Å². The Balaban J connectivity index is 1.76. The van der Waals surface area contributed by atoms with E-state index in [1.807, 2.05) is 6.92 Å². The summed E-state index contributed by atoms with van der Waals surface area (Å²) in [6.45, 7) is 1.93. The summed E-state index contributed by atoms with van der Waals surface area (Å²) >= 11 is 1.54. The first-order chi connectivity index (χ1) is 8.65. The van der Waals surface area contributed by atoms with Crippen molar-refractivity contribution in [2.45, 2.75) is 61.4 Å². The van der Waals surface area contributed by atoms with E-state index in [0.717, 1.165) is 11.0 Å². The van der Waals surface area contributed by atoms with Crippen LogP contribution < -0.4 is 0 Å². The maximum absolute atomic E-state index is 10.7. The van der Waals surface area contributed by atoms with E-state index >= 15 is 0 Å². The van der Waals surface area contributed by atoms with Gasteiger partial charge in [0.15, 0.2) is 5.16 Å². The van der Waals surface area contributed by atoms with Gasteiger partial charge >= 0.3 is 5.97 Å². The van der Waals surface area contributed by atoms with E-state index < -0.39 is 5.97 Å². The Morgan fingerprint density at radius 3 is 2.72 bits per heavy atom. The Hall–Kier alpha value is -1.04. The topological polar surface area (TPSA) is 68.0 Å². The molecule has 98 valence electrons. The fourth-order valence-electron chi connectivity index (χ4n) is 2.13. The van der Waals surface area contributed by atoms with Crippen molar-refractivity contribution in [3.05, 3.63) is 5.82 Å². The van der Waals surface area contributed by atoms with Crippen molar-refractivity contribution in [3.8, 4) is 0 Å². The van der Waals surface area contributed by atoms with Crippen molar-refractivity contribution in [3.63, 3.8) is 0 Å². The number of rotatable bonds is 6. The number of carbonyl (C=O) groups is 1. The van der Waals surface area contributed by atoms with Crippen molar-refractivity contribution in [1.82, 2.24) is 14.8 Å². The summed E-state index contributed by atoms with van der Waals surface area (Å²) in [5.41, 5.74) is 0. The van der Waals surface area contributed by atoms with Crippen LogP contribution in [0.1, 0.15) is 56.8 Å². The van der Waals surface area contributed by atoms with Gasteiger partial charge in [0.1, 0.15) is 5.82 Å². The summed E-state index contributed by atoms with van der Waals surface area (Å²) in [5.74, 6) is 0.972. The van der Waals surface area contributed by atoms with Crippen LogP contribution in [0.3, 0.4) is 0 Å². The van der Waals surface area contributed by atoms with Crippen LogP contribution in [0.5, 0.6) is 0 Å². The number of carboxylic acids is 1. The molecule has 1 N–H and O–H groups in total. The zero-order valence-electron chi connectivity index (χ0n) is 10.4. The van der Waals surface area contributed by atoms with Gasteiger partial charge < -0.3 is 9.67 Å². The second kappa shape index (κ2) is 4.57. The Bertz CT molecular complexity index is 466. The Morgan fingerprint density at radius 1 is 1.44 bits per heavy atom. The van der Waals surface area contributed by atoms with Gasteiger partial charge in [0, 0.05) is 17.2 Å². The Morgan fingerprint density at radius 2 is 2.17 bits per heavy atom. The largest absolute Gasteiger partial charge is 0.481 e. The van der Waals surface area contributed by atoms with Gasteiger partial charge in [0.2, 0.25) is 0 Å². The van der Waals surface area contributed by atoms with E-state index in [0.29, 0.717) is 12.0 Å². The maximum atomic E-state index is 10.7. The summed E-state index contributed by atoms with van der Waals surface area (Å²) in [6, 6.07) is 0.565. The third kappa shape index (κ3) is 2.53. The minimum absolute atomic E-state index is 0.0382. The number of aromatic nitrogens is 3. The summed E-state index contributed by atoms with van der Waals surface area (Å²) in [6.07, 6.45) is 5.03. The highest BCUT2D eigenvalue weighted by molar-refractivity contribution is 7.99. The van der Waals surface area contributed by atoms with Gasteiger partial charge in [-0.3, -0.25) is 4.79 Å². The molecule has 0 aromatic carbocycles. The number of hydrogen-bond donors (Lipinski definition) is 1. The van der Waals surface area contributed by atoms with Crippen LogP contribution in [0.2, 0.25) is 0 Å². The lowest BCUT2D eigenvalue weighted by atomic mass is 10.3. The minimum Gasteiger partial charge on any atom is -0.481 e. The molecule has 0 aliphatic heterocycles. The van der Waals surface area contributed by atoms with Gasteiger partial charge in [0.05, 0.1) is 6.42 Å². The normalized spacial score (nSPS) is 20.9. The summed E-state index contributed by atoms with van der Waals surface area (Å²) in [7, 11) is 0. The lowest BCUT2D eigenvalue weighted by Crippen LogP contribution is -2.08. The third-order valence-electron chi connectivity index (χ3n) is 3.31. The van der Waals surface area contributed by atoms with Crippen LogP contribution in [0.25, 0.3) is 0 Å². The highest BCUT2D eigenvalue weighted by Crippen LogP contribution is 2.46. The predicted octanol–water partition coefficient (Wildman–Crippen LogP) is 2.45. The average Bonchev–Trinajstić information content (AvgIpc) is 3.18. The van der Waals surface area contributed by atoms with Gasteiger partial charge in [-0.2, -0.15) is 0 Å². The van der Waals surface area contributed by atoms with Crippen LogP contribution in [0, 0.1) is 0 Å². The molecular weight excluding hydrogens is 250 g/mol. The first-order valence-electron chi connectivity index (χ1n) is 6.48. The standard InChI is InChI=1S/C12H17N3O2S/c1-7(6-10(16)17)18-12-14-13-11(8-2-3-8)15(12)9-4-5-9/h7-9H,2-6H2,1H3,(H,16,17). The third-order valence-corrected chi connectivity index (χ3v) is 4.37. The van der Waals surface area contributed by atoms with Crippen LogP contribution in [-0.2, 0) is 4.79 Å². The molecule has 0 saturated heterocycles. The number of hydrogen-bond acceptors (Lipinski definition) is 4. The zero-order valence-corrected chi connectivity index (χ0v) is 11.2. The molecule has 2 aliphatic carbocycles. The second-order valence-corrected chi connectivity index (χ2v) is 6.65. The SMILES string of the molecule is CC(CC(=O)O)Sc1nnc(C2CC2)n1C1CC1. The van der Waals surface area contributed by atoms with Crippen LogP contribution in [-0.4, -0.2) is 31.1 Å². The van der Waals surface area contributed by atoms with E-state index in [1.54, 1.807) is 11.8 Å². The molecule has 2 saturated carbocycles. The molecule has 2 fully saturated rings. The highest BCUT2D eigenvalue weighted by atomic mass is 32.2. The summed E-state index contributed by atoms with van der Waals surface area (Å²) in [5, 5.41) is 18.3.